The summed E-state index contributed by atoms with van der Waals surface area (Å²) in [5.74, 6) is -1.07. The van der Waals surface area contributed by atoms with Gasteiger partial charge in [0, 0.05) is 11.1 Å². The van der Waals surface area contributed by atoms with Gasteiger partial charge < -0.3 is 10.4 Å². The molecule has 2 N–H and O–H groups in total. The lowest BCUT2D eigenvalue weighted by Crippen LogP contribution is -2.02. The lowest BCUT2D eigenvalue weighted by Gasteiger charge is -2.09. The van der Waals surface area contributed by atoms with Crippen molar-refractivity contribution in [3.8, 4) is 0 Å². The molecule has 0 spiro atoms. The normalized spacial score (nSPS) is 10.5. The monoisotopic (exact) mass is 336 g/mol. The van der Waals surface area contributed by atoms with Crippen LogP contribution in [0, 0.1) is 0 Å². The molecular weight excluding hydrogens is 331 g/mol. The fourth-order valence-corrected chi connectivity index (χ4v) is 2.70. The van der Waals surface area contributed by atoms with Crippen LogP contribution in [0.4, 0.5) is 5.69 Å². The minimum Gasteiger partial charge on any atom is -0.478 e. The molecule has 0 radical (unpaired) electrons. The minimum atomic E-state index is -1.07. The number of rotatable bonds is 4. The first-order chi connectivity index (χ1) is 8.97. The van der Waals surface area contributed by atoms with Gasteiger partial charge in [0.25, 0.3) is 0 Å². The molecule has 19 heavy (non-hydrogen) atoms. The Balaban J connectivity index is 2.21. The number of anilines is 1. The van der Waals surface area contributed by atoms with E-state index in [1.54, 1.807) is 6.20 Å². The Morgan fingerprint density at radius 1 is 1.37 bits per heavy atom. The number of carbonyl (C=O) groups is 1. The van der Waals surface area contributed by atoms with Gasteiger partial charge in [-0.15, -0.1) is 11.3 Å². The minimum absolute atomic E-state index is 0.0687. The first kappa shape index (κ1) is 14.4. The predicted octanol–water partition coefficient (Wildman–Crippen LogP) is 4.41. The number of carboxylic acids is 1. The van der Waals surface area contributed by atoms with E-state index in [0.29, 0.717) is 16.7 Å². The predicted molar refractivity (Wildman–Crippen MR) is 77.9 cm³/mol. The van der Waals surface area contributed by atoms with Gasteiger partial charge in [0.2, 0.25) is 0 Å². The molecule has 100 valence electrons. The van der Waals surface area contributed by atoms with E-state index in [1.165, 1.54) is 23.5 Å². The van der Waals surface area contributed by atoms with E-state index in [-0.39, 0.29) is 15.6 Å². The van der Waals surface area contributed by atoms with Gasteiger partial charge in [-0.1, -0.05) is 34.8 Å². The maximum Gasteiger partial charge on any atom is 0.335 e. The number of aromatic carboxylic acids is 1. The molecule has 0 saturated carbocycles. The number of halogens is 3. The topological polar surface area (TPSA) is 62.2 Å². The Kier molecular flexibility index (Phi) is 4.52. The van der Waals surface area contributed by atoms with E-state index >= 15 is 0 Å². The summed E-state index contributed by atoms with van der Waals surface area (Å²) < 4.78 is 0.445. The Hall–Kier alpha value is -1.01. The summed E-state index contributed by atoms with van der Waals surface area (Å²) in [4.78, 5) is 15.7. The highest BCUT2D eigenvalue weighted by Crippen LogP contribution is 2.32. The van der Waals surface area contributed by atoms with Gasteiger partial charge in [-0.3, -0.25) is 0 Å². The van der Waals surface area contributed by atoms with Gasteiger partial charge in [0.15, 0.2) is 4.47 Å². The van der Waals surface area contributed by atoms with Crippen LogP contribution in [-0.4, -0.2) is 16.1 Å². The second-order valence-electron chi connectivity index (χ2n) is 3.56. The zero-order chi connectivity index (χ0) is 14.0. The average Bonchev–Trinajstić information content (AvgIpc) is 2.76. The molecule has 0 aliphatic carbocycles. The summed E-state index contributed by atoms with van der Waals surface area (Å²) in [6.07, 6.45) is 1.64. The number of hydrogen-bond donors (Lipinski definition) is 2. The molecular formula is C11H7Cl3N2O2S. The summed E-state index contributed by atoms with van der Waals surface area (Å²) in [7, 11) is 0. The van der Waals surface area contributed by atoms with Crippen LogP contribution in [0.2, 0.25) is 14.5 Å². The molecule has 0 aliphatic heterocycles. The molecule has 0 amide bonds. The van der Waals surface area contributed by atoms with Crippen molar-refractivity contribution in [3.63, 3.8) is 0 Å². The summed E-state index contributed by atoms with van der Waals surface area (Å²) in [6.45, 7) is 0.434. The fourth-order valence-electron chi connectivity index (χ4n) is 1.39. The first-order valence-corrected chi connectivity index (χ1v) is 6.99. The molecule has 0 atom stereocenters. The molecule has 0 fully saturated rings. The summed E-state index contributed by atoms with van der Waals surface area (Å²) in [5, 5.41) is 12.4. The lowest BCUT2D eigenvalue weighted by molar-refractivity contribution is 0.0697. The van der Waals surface area contributed by atoms with Crippen LogP contribution in [0.5, 0.6) is 0 Å². The molecule has 1 aromatic heterocycles. The van der Waals surface area contributed by atoms with Gasteiger partial charge in [0.05, 0.1) is 27.8 Å². The molecule has 0 saturated heterocycles. The summed E-state index contributed by atoms with van der Waals surface area (Å²) in [5.41, 5.74) is 0.523. The van der Waals surface area contributed by atoms with Gasteiger partial charge in [-0.25, -0.2) is 9.78 Å². The highest BCUT2D eigenvalue weighted by atomic mass is 35.5. The third-order valence-corrected chi connectivity index (χ3v) is 4.17. The van der Waals surface area contributed by atoms with E-state index in [0.717, 1.165) is 4.88 Å². The smallest absolute Gasteiger partial charge is 0.335 e. The largest absolute Gasteiger partial charge is 0.478 e. The molecule has 2 rings (SSSR count). The average molecular weight is 338 g/mol. The second-order valence-corrected chi connectivity index (χ2v) is 6.04. The Morgan fingerprint density at radius 3 is 2.68 bits per heavy atom. The molecule has 2 aromatic rings. The maximum atomic E-state index is 10.9. The number of benzene rings is 1. The van der Waals surface area contributed by atoms with E-state index in [1.807, 2.05) is 0 Å². The van der Waals surface area contributed by atoms with Crippen molar-refractivity contribution >= 4 is 57.8 Å². The van der Waals surface area contributed by atoms with E-state index in [2.05, 4.69) is 10.3 Å². The number of nitrogens with one attached hydrogen (secondary N) is 1. The maximum absolute atomic E-state index is 10.9. The highest BCUT2D eigenvalue weighted by molar-refractivity contribution is 7.15. The number of aromatic nitrogens is 1. The van der Waals surface area contributed by atoms with Crippen molar-refractivity contribution in [1.82, 2.24) is 4.98 Å². The summed E-state index contributed by atoms with van der Waals surface area (Å²) >= 11 is 18.9. The number of nitrogens with zero attached hydrogens (tertiary/aromatic N) is 1. The molecule has 4 nitrogen and oxygen atoms in total. The van der Waals surface area contributed by atoms with E-state index < -0.39 is 5.97 Å². The third-order valence-electron chi connectivity index (χ3n) is 2.25. The van der Waals surface area contributed by atoms with Crippen LogP contribution in [0.1, 0.15) is 15.2 Å². The van der Waals surface area contributed by atoms with Crippen molar-refractivity contribution < 1.29 is 9.90 Å². The fraction of sp³-hybridized carbons (Fsp3) is 0.0909. The Morgan fingerprint density at radius 2 is 2.11 bits per heavy atom. The Labute approximate surface area is 127 Å². The van der Waals surface area contributed by atoms with Crippen molar-refractivity contribution in [2.75, 3.05) is 5.32 Å². The van der Waals surface area contributed by atoms with Gasteiger partial charge in [0.1, 0.15) is 0 Å². The van der Waals surface area contributed by atoms with Crippen LogP contribution in [-0.2, 0) is 6.54 Å². The van der Waals surface area contributed by atoms with E-state index in [9.17, 15) is 4.79 Å². The second kappa shape index (κ2) is 5.96. The zero-order valence-corrected chi connectivity index (χ0v) is 12.4. The molecule has 8 heteroatoms. The summed E-state index contributed by atoms with van der Waals surface area (Å²) in [6, 6.07) is 2.74. The lowest BCUT2D eigenvalue weighted by atomic mass is 10.2. The molecule has 1 aromatic carbocycles. The van der Waals surface area contributed by atoms with Gasteiger partial charge in [-0.05, 0) is 12.1 Å². The van der Waals surface area contributed by atoms with Crippen LogP contribution >= 0.6 is 46.1 Å². The van der Waals surface area contributed by atoms with Crippen LogP contribution in [0.3, 0.4) is 0 Å². The van der Waals surface area contributed by atoms with Crippen molar-refractivity contribution in [2.45, 2.75) is 6.54 Å². The third kappa shape index (κ3) is 3.51. The molecule has 0 bridgehead atoms. The number of carboxylic acid groups (broad SMARTS) is 1. The van der Waals surface area contributed by atoms with Gasteiger partial charge in [-0.2, -0.15) is 0 Å². The van der Waals surface area contributed by atoms with Gasteiger partial charge >= 0.3 is 5.97 Å². The molecule has 0 aliphatic rings. The van der Waals surface area contributed by atoms with Crippen LogP contribution in [0.15, 0.2) is 18.3 Å². The molecule has 1 heterocycles. The quantitative estimate of drug-likeness (QED) is 0.867. The van der Waals surface area contributed by atoms with Crippen molar-refractivity contribution in [1.29, 1.82) is 0 Å². The SMILES string of the molecule is O=C(O)c1cc(Cl)c(Cl)c(NCc2cnc(Cl)s2)c1. The first-order valence-electron chi connectivity index (χ1n) is 5.04. The number of thiazole rings is 1. The highest BCUT2D eigenvalue weighted by Gasteiger charge is 2.12. The zero-order valence-electron chi connectivity index (χ0n) is 9.28. The van der Waals surface area contributed by atoms with E-state index in [4.69, 9.17) is 39.9 Å². The molecule has 0 unspecified atom stereocenters. The van der Waals surface area contributed by atoms with Crippen molar-refractivity contribution in [3.05, 3.63) is 43.3 Å². The van der Waals surface area contributed by atoms with Crippen molar-refractivity contribution in [2.24, 2.45) is 0 Å². The van der Waals surface area contributed by atoms with Crippen LogP contribution < -0.4 is 5.32 Å². The Bertz CT molecular complexity index is 630. The van der Waals surface area contributed by atoms with Crippen LogP contribution in [0.25, 0.3) is 0 Å². The number of hydrogen-bond acceptors (Lipinski definition) is 4. The standard InChI is InChI=1S/C11H7Cl3N2O2S/c12-7-1-5(10(17)18)2-8(9(7)13)15-3-6-4-16-11(14)19-6/h1-2,4,15H,3H2,(H,17,18).